The van der Waals surface area contributed by atoms with Gasteiger partial charge in [-0.05, 0) is 42.4 Å². The zero-order valence-corrected chi connectivity index (χ0v) is 17.2. The second-order valence-corrected chi connectivity index (χ2v) is 9.87. The highest BCUT2D eigenvalue weighted by molar-refractivity contribution is 7.89. The van der Waals surface area contributed by atoms with E-state index in [-0.39, 0.29) is 17.4 Å². The Bertz CT molecular complexity index is 698. The third-order valence-electron chi connectivity index (χ3n) is 4.94. The standard InChI is InChI=1S/C20H32N2O3S/c1-5-6-7-19(23)22-14-12-17(13-15-22)21-26(24,25)18-10-8-16(9-11-18)20(2,3)4/h8-11,17,21H,5-7,12-15H2,1-4H3. The quantitative estimate of drug-likeness (QED) is 0.822. The topological polar surface area (TPSA) is 66.5 Å². The lowest BCUT2D eigenvalue weighted by Crippen LogP contribution is -2.46. The van der Waals surface area contributed by atoms with Crippen LogP contribution < -0.4 is 4.72 Å². The Morgan fingerprint density at radius 1 is 1.15 bits per heavy atom. The maximum absolute atomic E-state index is 12.6. The largest absolute Gasteiger partial charge is 0.343 e. The fourth-order valence-electron chi connectivity index (χ4n) is 3.15. The number of sulfonamides is 1. The van der Waals surface area contributed by atoms with Gasteiger partial charge in [-0.1, -0.05) is 46.2 Å². The van der Waals surface area contributed by atoms with E-state index in [1.54, 1.807) is 12.1 Å². The molecule has 1 aliphatic heterocycles. The van der Waals surface area contributed by atoms with Crippen LogP contribution in [-0.2, 0) is 20.2 Å². The van der Waals surface area contributed by atoms with Gasteiger partial charge in [0.1, 0.15) is 0 Å². The van der Waals surface area contributed by atoms with Gasteiger partial charge < -0.3 is 4.90 Å². The molecular weight excluding hydrogens is 348 g/mol. The van der Waals surface area contributed by atoms with E-state index in [1.807, 2.05) is 17.0 Å². The summed E-state index contributed by atoms with van der Waals surface area (Å²) in [5, 5.41) is 0. The van der Waals surface area contributed by atoms with Crippen molar-refractivity contribution in [1.29, 1.82) is 0 Å². The van der Waals surface area contributed by atoms with E-state index in [1.165, 1.54) is 0 Å². The molecule has 1 heterocycles. The van der Waals surface area contributed by atoms with Gasteiger partial charge >= 0.3 is 0 Å². The minimum atomic E-state index is -3.53. The van der Waals surface area contributed by atoms with Gasteiger partial charge in [-0.25, -0.2) is 13.1 Å². The SMILES string of the molecule is CCCCC(=O)N1CCC(NS(=O)(=O)c2ccc(C(C)(C)C)cc2)CC1. The van der Waals surface area contributed by atoms with Gasteiger partial charge in [0.05, 0.1) is 4.90 Å². The molecule has 26 heavy (non-hydrogen) atoms. The molecule has 146 valence electrons. The smallest absolute Gasteiger partial charge is 0.240 e. The average molecular weight is 381 g/mol. The van der Waals surface area contributed by atoms with Crippen molar-refractivity contribution in [1.82, 2.24) is 9.62 Å². The van der Waals surface area contributed by atoms with Crippen molar-refractivity contribution >= 4 is 15.9 Å². The minimum Gasteiger partial charge on any atom is -0.343 e. The van der Waals surface area contributed by atoms with Crippen LogP contribution in [0.15, 0.2) is 29.2 Å². The minimum absolute atomic E-state index is 0.00708. The van der Waals surface area contributed by atoms with Crippen molar-refractivity contribution in [2.75, 3.05) is 13.1 Å². The first-order valence-electron chi connectivity index (χ1n) is 9.54. The Labute approximate surface area is 158 Å². The third kappa shape index (κ3) is 5.55. The third-order valence-corrected chi connectivity index (χ3v) is 6.48. The second-order valence-electron chi connectivity index (χ2n) is 8.15. The monoisotopic (exact) mass is 380 g/mol. The molecular formula is C20H32N2O3S. The summed E-state index contributed by atoms with van der Waals surface area (Å²) in [4.78, 5) is 14.2. The summed E-state index contributed by atoms with van der Waals surface area (Å²) in [5.41, 5.74) is 1.10. The lowest BCUT2D eigenvalue weighted by atomic mass is 9.87. The molecule has 1 aliphatic rings. The summed E-state index contributed by atoms with van der Waals surface area (Å²) in [6.45, 7) is 9.62. The van der Waals surface area contributed by atoms with Crippen molar-refractivity contribution < 1.29 is 13.2 Å². The van der Waals surface area contributed by atoms with Crippen LogP contribution in [0.5, 0.6) is 0 Å². The highest BCUT2D eigenvalue weighted by atomic mass is 32.2. The number of likely N-dealkylation sites (tertiary alicyclic amines) is 1. The number of nitrogens with zero attached hydrogens (tertiary/aromatic N) is 1. The van der Waals surface area contributed by atoms with E-state index in [0.29, 0.717) is 37.2 Å². The van der Waals surface area contributed by atoms with E-state index >= 15 is 0 Å². The van der Waals surface area contributed by atoms with Gasteiger partial charge in [0.25, 0.3) is 0 Å². The Morgan fingerprint density at radius 3 is 2.23 bits per heavy atom. The van der Waals surface area contributed by atoms with Crippen LogP contribution in [0.1, 0.15) is 65.4 Å². The molecule has 1 amide bonds. The Morgan fingerprint density at radius 2 is 1.73 bits per heavy atom. The lowest BCUT2D eigenvalue weighted by Gasteiger charge is -2.32. The molecule has 0 bridgehead atoms. The van der Waals surface area contributed by atoms with Gasteiger partial charge in [0, 0.05) is 25.6 Å². The summed E-state index contributed by atoms with van der Waals surface area (Å²) >= 11 is 0. The van der Waals surface area contributed by atoms with Crippen molar-refractivity contribution in [3.05, 3.63) is 29.8 Å². The maximum Gasteiger partial charge on any atom is 0.240 e. The first kappa shape index (κ1) is 20.9. The van der Waals surface area contributed by atoms with Gasteiger partial charge in [-0.2, -0.15) is 0 Å². The highest BCUT2D eigenvalue weighted by Crippen LogP contribution is 2.24. The number of piperidine rings is 1. The summed E-state index contributed by atoms with van der Waals surface area (Å²) in [6, 6.07) is 6.99. The molecule has 0 spiro atoms. The van der Waals surface area contributed by atoms with E-state index in [9.17, 15) is 13.2 Å². The molecule has 1 N–H and O–H groups in total. The lowest BCUT2D eigenvalue weighted by molar-refractivity contribution is -0.132. The van der Waals surface area contributed by atoms with Gasteiger partial charge in [0.2, 0.25) is 15.9 Å². The number of unbranched alkanes of at least 4 members (excludes halogenated alkanes) is 1. The molecule has 0 aromatic heterocycles. The number of hydrogen-bond acceptors (Lipinski definition) is 3. The summed E-state index contributed by atoms with van der Waals surface area (Å²) < 4.78 is 28.1. The van der Waals surface area contributed by atoms with E-state index in [0.717, 1.165) is 18.4 Å². The van der Waals surface area contributed by atoms with Gasteiger partial charge in [0.15, 0.2) is 0 Å². The Balaban J connectivity index is 1.93. The van der Waals surface area contributed by atoms with Crippen LogP contribution in [0, 0.1) is 0 Å². The van der Waals surface area contributed by atoms with Crippen LogP contribution >= 0.6 is 0 Å². The first-order valence-corrected chi connectivity index (χ1v) is 11.0. The first-order chi connectivity index (χ1) is 12.1. The number of rotatable bonds is 6. The average Bonchev–Trinajstić information content (AvgIpc) is 2.59. The zero-order valence-electron chi connectivity index (χ0n) is 16.4. The Kier molecular flexibility index (Phi) is 6.86. The maximum atomic E-state index is 12.6. The fraction of sp³-hybridized carbons (Fsp3) is 0.650. The molecule has 0 saturated carbocycles. The number of benzene rings is 1. The van der Waals surface area contributed by atoms with E-state index in [4.69, 9.17) is 0 Å². The van der Waals surface area contributed by atoms with Crippen LogP contribution in [0.25, 0.3) is 0 Å². The summed E-state index contributed by atoms with van der Waals surface area (Å²) in [7, 11) is -3.53. The molecule has 2 rings (SSSR count). The van der Waals surface area contributed by atoms with Gasteiger partial charge in [-0.3, -0.25) is 4.79 Å². The second kappa shape index (κ2) is 8.53. The van der Waals surface area contributed by atoms with Crippen LogP contribution in [0.4, 0.5) is 0 Å². The highest BCUT2D eigenvalue weighted by Gasteiger charge is 2.26. The number of carbonyl (C=O) groups excluding carboxylic acids is 1. The predicted molar refractivity (Wildman–Crippen MR) is 105 cm³/mol. The molecule has 1 fully saturated rings. The predicted octanol–water partition coefficient (Wildman–Crippen LogP) is 3.44. The Hall–Kier alpha value is -1.40. The number of nitrogens with one attached hydrogen (secondary N) is 1. The van der Waals surface area contributed by atoms with Crippen molar-refractivity contribution in [3.63, 3.8) is 0 Å². The van der Waals surface area contributed by atoms with Crippen molar-refractivity contribution in [3.8, 4) is 0 Å². The van der Waals surface area contributed by atoms with E-state index < -0.39 is 10.0 Å². The fourth-order valence-corrected chi connectivity index (χ4v) is 4.46. The normalized spacial score (nSPS) is 16.7. The van der Waals surface area contributed by atoms with Crippen LogP contribution in [0.2, 0.25) is 0 Å². The summed E-state index contributed by atoms with van der Waals surface area (Å²) in [6.07, 6.45) is 3.84. The number of carbonyl (C=O) groups is 1. The zero-order chi connectivity index (χ0) is 19.4. The molecule has 0 radical (unpaired) electrons. The molecule has 1 aromatic carbocycles. The van der Waals surface area contributed by atoms with Gasteiger partial charge in [-0.15, -0.1) is 0 Å². The molecule has 1 saturated heterocycles. The van der Waals surface area contributed by atoms with Crippen LogP contribution in [-0.4, -0.2) is 38.4 Å². The number of amides is 1. The molecule has 0 atom stereocenters. The number of hydrogen-bond donors (Lipinski definition) is 1. The van der Waals surface area contributed by atoms with Crippen molar-refractivity contribution in [2.45, 2.75) is 76.2 Å². The van der Waals surface area contributed by atoms with Crippen molar-refractivity contribution in [2.24, 2.45) is 0 Å². The summed E-state index contributed by atoms with van der Waals surface area (Å²) in [5.74, 6) is 0.186. The molecule has 0 aliphatic carbocycles. The molecule has 5 nitrogen and oxygen atoms in total. The molecule has 0 unspecified atom stereocenters. The molecule has 6 heteroatoms. The van der Waals surface area contributed by atoms with E-state index in [2.05, 4.69) is 32.4 Å². The molecule has 1 aromatic rings. The van der Waals surface area contributed by atoms with Crippen LogP contribution in [0.3, 0.4) is 0 Å².